The Morgan fingerprint density at radius 2 is 0.781 bits per heavy atom. The van der Waals surface area contributed by atoms with Crippen LogP contribution in [0.1, 0.15) is 33.6 Å². The van der Waals surface area contributed by atoms with Gasteiger partial charge in [0.25, 0.3) is 44.5 Å². The van der Waals surface area contributed by atoms with Crippen molar-refractivity contribution in [2.75, 3.05) is 11.8 Å². The Morgan fingerprint density at radius 3 is 1.05 bits per heavy atom. The first-order valence-electron chi connectivity index (χ1n) is 22.7. The van der Waals surface area contributed by atoms with Crippen LogP contribution in [0.4, 0.5) is 0 Å². The van der Waals surface area contributed by atoms with Gasteiger partial charge in [-0.15, -0.1) is 23.2 Å². The summed E-state index contributed by atoms with van der Waals surface area (Å²) in [7, 11) is 1.89. The van der Waals surface area contributed by atoms with E-state index in [0.29, 0.717) is 37.9 Å². The van der Waals surface area contributed by atoms with Crippen molar-refractivity contribution in [3.05, 3.63) is 182 Å². The molecule has 0 saturated heterocycles. The highest BCUT2D eigenvalue weighted by molar-refractivity contribution is 6.20. The second-order valence-electron chi connectivity index (χ2n) is 16.8. The van der Waals surface area contributed by atoms with Crippen molar-refractivity contribution >= 4 is 66.3 Å². The van der Waals surface area contributed by atoms with Crippen LogP contribution in [0.5, 0.6) is 0 Å². The van der Waals surface area contributed by atoms with E-state index in [-0.39, 0.29) is 102 Å². The molecule has 24 heteroatoms. The van der Waals surface area contributed by atoms with E-state index in [2.05, 4.69) is 21.5 Å². The van der Waals surface area contributed by atoms with Crippen molar-refractivity contribution in [3.8, 4) is 0 Å². The van der Waals surface area contributed by atoms with Crippen LogP contribution in [0.2, 0.25) is 0 Å². The zero-order valence-corrected chi connectivity index (χ0v) is 42.3. The molecule has 0 N–H and O–H groups in total. The summed E-state index contributed by atoms with van der Waals surface area (Å²) in [5, 5.41) is 1.33. The lowest BCUT2D eigenvalue weighted by atomic mass is 10.1. The third-order valence-electron chi connectivity index (χ3n) is 12.2. The molecule has 20 nitrogen and oxygen atoms in total. The fourth-order valence-electron chi connectivity index (χ4n) is 8.39. The lowest BCUT2D eigenvalue weighted by Gasteiger charge is -2.01. The smallest absolute Gasteiger partial charge is 0.261 e. The van der Waals surface area contributed by atoms with Crippen LogP contribution >= 0.6 is 23.2 Å². The lowest BCUT2D eigenvalue weighted by Crippen LogP contribution is -3.00. The third-order valence-corrected chi connectivity index (χ3v) is 12.7. The molecule has 0 unspecified atom stereocenters. The van der Waals surface area contributed by atoms with E-state index < -0.39 is 44.5 Å². The van der Waals surface area contributed by atoms with E-state index in [1.807, 2.05) is 58.2 Å². The van der Waals surface area contributed by atoms with Crippen molar-refractivity contribution in [2.24, 2.45) is 7.05 Å². The summed E-state index contributed by atoms with van der Waals surface area (Å²) >= 11 is 10.4. The number of nitrogens with zero attached hydrogens (tertiary/aromatic N) is 12. The quantitative estimate of drug-likeness (QED) is 0.0639. The fourth-order valence-corrected chi connectivity index (χ4v) is 8.79. The van der Waals surface area contributed by atoms with Crippen molar-refractivity contribution in [1.29, 1.82) is 0 Å². The first-order valence-corrected chi connectivity index (χ1v) is 23.8. The Morgan fingerprint density at radius 1 is 0.452 bits per heavy atom. The molecule has 2 aromatic carbocycles. The van der Waals surface area contributed by atoms with Crippen LogP contribution in [0.25, 0.3) is 43.1 Å². The molecule has 386 valence electrons. The van der Waals surface area contributed by atoms with E-state index in [1.54, 1.807) is 46.6 Å². The molecular weight excluding hydrogens is 1030 g/mol. The molecule has 0 spiro atoms. The number of aromatic nitrogens is 12. The highest BCUT2D eigenvalue weighted by Gasteiger charge is 2.22. The number of fused-ring (bicyclic) bond motifs is 4. The Bertz CT molecular complexity index is 3610. The van der Waals surface area contributed by atoms with Crippen molar-refractivity contribution in [1.82, 2.24) is 46.5 Å². The molecule has 10 aromatic rings. The number of benzene rings is 2. The Labute approximate surface area is 438 Å². The van der Waals surface area contributed by atoms with E-state index in [1.165, 1.54) is 33.4 Å². The lowest BCUT2D eigenvalue weighted by molar-refractivity contribution is -0.696. The van der Waals surface area contributed by atoms with E-state index in [4.69, 9.17) is 23.2 Å². The predicted molar refractivity (Wildman–Crippen MR) is 272 cm³/mol. The SMILES string of the molecule is C.CCCC[n+]1ccn(CCn2c(=O)c3cc4c(=O)n(CCn5cc[n+](C)c5)c(=O)c4cc3c2=O)c1.ClCCCCl.O=c1c2cc3c(=O)n(CCn4ccnc4)c(=O)c3cc2c(=O)n1CCn1ccnc1.[Cl-].[Cl-]. The van der Waals surface area contributed by atoms with Gasteiger partial charge in [0, 0.05) is 62.7 Å². The monoisotopic (exact) mass is 1080 g/mol. The van der Waals surface area contributed by atoms with Crippen LogP contribution in [0.15, 0.2) is 138 Å². The number of unbranched alkanes of at least 4 members (excludes halogenated alkanes) is 1. The molecular formula is C49H54Cl4N12O8. The molecule has 0 bridgehead atoms. The van der Waals surface area contributed by atoms with Gasteiger partial charge in [-0.3, -0.25) is 56.6 Å². The van der Waals surface area contributed by atoms with Gasteiger partial charge in [0.1, 0.15) is 37.9 Å². The minimum absolute atomic E-state index is 0. The number of hydrogen-bond acceptors (Lipinski definition) is 10. The van der Waals surface area contributed by atoms with Gasteiger partial charge in [-0.1, -0.05) is 20.8 Å². The second kappa shape index (κ2) is 25.1. The van der Waals surface area contributed by atoms with Crippen molar-refractivity contribution in [3.63, 3.8) is 0 Å². The molecule has 0 saturated carbocycles. The normalized spacial score (nSPS) is 11.1. The van der Waals surface area contributed by atoms with Gasteiger partial charge in [0.2, 0.25) is 12.7 Å². The third kappa shape index (κ3) is 11.9. The predicted octanol–water partition coefficient (Wildman–Crippen LogP) is -3.97. The summed E-state index contributed by atoms with van der Waals surface area (Å²) in [5.74, 6) is 1.37. The summed E-state index contributed by atoms with van der Waals surface area (Å²) in [6.07, 6.45) is 24.4. The second-order valence-corrected chi connectivity index (χ2v) is 17.6. The standard InChI is InChI=1S/C25H28N6O4.C20H16N6O4.C3H6Cl2.CH4.2ClH/c1-3-4-5-27-8-9-29(17-27)11-13-31-24(34)20-14-18-19(15-21(20)25(31)35)23(33)30(22(18)32)12-10-28-7-6-26(2)16-28;27-17-13-9-15-16(20(30)26(19(15)29)8-6-24-4-2-22-12-24)10-14(13)18(28)25(17)7-5-23-3-1-21-11-23;4-2-1-3-5;;;/h6-9,14-17H,3-5,10-13H2,1-2H3;1-4,9-12H,5-8H2;1-3H2;1H4;2*1H/q+2;;;;;/p-2. The molecule has 0 aliphatic carbocycles. The fraction of sp³-hybridized carbons (Fsp3) is 0.347. The minimum Gasteiger partial charge on any atom is -1.00 e. The summed E-state index contributed by atoms with van der Waals surface area (Å²) in [5.41, 5.74) is -3.59. The van der Waals surface area contributed by atoms with Crippen molar-refractivity contribution in [2.45, 2.75) is 92.5 Å². The minimum atomic E-state index is -0.463. The van der Waals surface area contributed by atoms with E-state index in [9.17, 15) is 38.4 Å². The summed E-state index contributed by atoms with van der Waals surface area (Å²) in [6.45, 7) is 5.55. The van der Waals surface area contributed by atoms with Crippen LogP contribution in [-0.2, 0) is 66.0 Å². The first kappa shape index (κ1) is 56.9. The van der Waals surface area contributed by atoms with E-state index in [0.717, 1.165) is 34.9 Å². The molecule has 0 aliphatic heterocycles. The zero-order valence-electron chi connectivity index (χ0n) is 39.3. The summed E-state index contributed by atoms with van der Waals surface area (Å²) in [4.78, 5) is 111. The van der Waals surface area contributed by atoms with Crippen LogP contribution in [-0.4, -0.2) is 58.3 Å². The number of rotatable bonds is 17. The van der Waals surface area contributed by atoms with Gasteiger partial charge in [-0.25, -0.2) is 28.2 Å². The van der Waals surface area contributed by atoms with Gasteiger partial charge in [-0.05, 0) is 37.1 Å². The number of imidazole rings is 4. The molecule has 0 atom stereocenters. The molecule has 10 rings (SSSR count). The Kier molecular flexibility index (Phi) is 19.6. The van der Waals surface area contributed by atoms with Crippen LogP contribution in [0, 0.1) is 0 Å². The van der Waals surface area contributed by atoms with Crippen LogP contribution in [0.3, 0.4) is 0 Å². The molecule has 0 aliphatic rings. The maximum absolute atomic E-state index is 13.0. The molecule has 8 heterocycles. The largest absolute Gasteiger partial charge is 1.00 e. The maximum Gasteiger partial charge on any atom is 0.261 e. The Balaban J connectivity index is 0.000000241. The highest BCUT2D eigenvalue weighted by Crippen LogP contribution is 2.16. The number of aryl methyl sites for hydroxylation is 6. The maximum atomic E-state index is 13.0. The number of halogens is 4. The number of alkyl halides is 2. The molecule has 0 radical (unpaired) electrons. The van der Waals surface area contributed by atoms with Crippen LogP contribution < -0.4 is 78.4 Å². The van der Waals surface area contributed by atoms with Gasteiger partial charge in [-0.2, -0.15) is 0 Å². The van der Waals surface area contributed by atoms with Gasteiger partial charge >= 0.3 is 0 Å². The average Bonchev–Trinajstić information content (AvgIpc) is 4.26. The highest BCUT2D eigenvalue weighted by atomic mass is 35.5. The zero-order chi connectivity index (χ0) is 49.6. The topological polar surface area (TPSA) is 210 Å². The summed E-state index contributed by atoms with van der Waals surface area (Å²) < 4.78 is 15.9. The van der Waals surface area contributed by atoms with Gasteiger partial charge in [0.15, 0.2) is 0 Å². The molecule has 0 amide bonds. The van der Waals surface area contributed by atoms with Gasteiger partial charge in [0.05, 0.1) is 82.4 Å². The summed E-state index contributed by atoms with van der Waals surface area (Å²) in [6, 6.07) is 5.57. The molecule has 0 fully saturated rings. The Hall–Kier alpha value is -7.00. The average molecular weight is 1080 g/mol. The number of hydrogen-bond donors (Lipinski definition) is 0. The molecule has 8 aromatic heterocycles. The van der Waals surface area contributed by atoms with E-state index >= 15 is 0 Å². The molecule has 73 heavy (non-hydrogen) atoms. The first-order chi connectivity index (χ1) is 33.8. The van der Waals surface area contributed by atoms with Crippen molar-refractivity contribution < 1.29 is 33.9 Å². The van der Waals surface area contributed by atoms with Gasteiger partial charge < -0.3 is 33.9 Å².